The van der Waals surface area contributed by atoms with E-state index in [4.69, 9.17) is 0 Å². The molecule has 0 saturated heterocycles. The Balaban J connectivity index is 2.24. The largest absolute Gasteiger partial charge is 0.371 e. The van der Waals surface area contributed by atoms with E-state index in [9.17, 15) is 9.59 Å². The van der Waals surface area contributed by atoms with Crippen molar-refractivity contribution in [2.24, 2.45) is 5.92 Å². The molecule has 0 aliphatic heterocycles. The van der Waals surface area contributed by atoms with Gasteiger partial charge in [0.1, 0.15) is 5.78 Å². The van der Waals surface area contributed by atoms with E-state index in [1.165, 1.54) is 7.05 Å². The highest BCUT2D eigenvalue weighted by molar-refractivity contribution is 5.94. The van der Waals surface area contributed by atoms with E-state index in [2.05, 4.69) is 10.3 Å². The fourth-order valence-corrected chi connectivity index (χ4v) is 0.840. The molecule has 0 aromatic carbocycles. The third-order valence-corrected chi connectivity index (χ3v) is 1.48. The van der Waals surface area contributed by atoms with Crippen LogP contribution in [0.2, 0.25) is 0 Å². The predicted molar refractivity (Wildman–Crippen MR) is 32.9 cm³/mol. The Kier molecular flexibility index (Phi) is 2.01. The summed E-state index contributed by atoms with van der Waals surface area (Å²) in [6.07, 6.45) is 0.695. The number of Topliss-reactive ketones (excluding diaryl/α,β-unsaturated/α-hetero) is 1. The predicted octanol–water partition coefficient (Wildman–Crippen LogP) is -0.357. The molecule has 0 atom stereocenters. The van der Waals surface area contributed by atoms with Gasteiger partial charge in [0.15, 0.2) is 0 Å². The summed E-state index contributed by atoms with van der Waals surface area (Å²) in [5.74, 6) is -0.389. The molecule has 1 rings (SSSR count). The number of rotatable bonds is 2. The third kappa shape index (κ3) is 1.33. The van der Waals surface area contributed by atoms with Crippen LogP contribution >= 0.6 is 0 Å². The monoisotopic (exact) mass is 143 g/mol. The molecule has 4 heteroatoms. The first-order valence-corrected chi connectivity index (χ1v) is 3.13. The molecule has 1 N–H and O–H groups in total. The van der Waals surface area contributed by atoms with Crippen molar-refractivity contribution in [1.29, 1.82) is 0 Å². The number of hydrogen-bond donors (Lipinski definition) is 1. The lowest BCUT2D eigenvalue weighted by atomic mass is 9.84. The summed E-state index contributed by atoms with van der Waals surface area (Å²) >= 11 is 0. The van der Waals surface area contributed by atoms with Gasteiger partial charge in [-0.05, 0) is 0 Å². The van der Waals surface area contributed by atoms with Crippen LogP contribution in [0.25, 0.3) is 0 Å². The highest BCUT2D eigenvalue weighted by Crippen LogP contribution is 2.23. The van der Waals surface area contributed by atoms with Gasteiger partial charge >= 0.3 is 5.97 Å². The molecule has 1 saturated carbocycles. The maximum absolute atomic E-state index is 10.7. The Morgan fingerprint density at radius 3 is 2.70 bits per heavy atom. The van der Waals surface area contributed by atoms with Crippen LogP contribution in [0.3, 0.4) is 0 Å². The lowest BCUT2D eigenvalue weighted by Gasteiger charge is -2.20. The number of hydroxylamine groups is 1. The van der Waals surface area contributed by atoms with Gasteiger partial charge in [-0.2, -0.15) is 5.48 Å². The minimum atomic E-state index is -0.331. The molecule has 0 bridgehead atoms. The molecule has 0 spiro atoms. The highest BCUT2D eigenvalue weighted by atomic mass is 16.7. The number of nitrogens with one attached hydrogen (secondary N) is 1. The van der Waals surface area contributed by atoms with Crippen LogP contribution in [0.1, 0.15) is 12.8 Å². The van der Waals surface area contributed by atoms with Crippen molar-refractivity contribution in [3.05, 3.63) is 0 Å². The second-order valence-corrected chi connectivity index (χ2v) is 2.27. The first kappa shape index (κ1) is 7.21. The van der Waals surface area contributed by atoms with Gasteiger partial charge in [-0.1, -0.05) is 0 Å². The Morgan fingerprint density at radius 2 is 2.30 bits per heavy atom. The first-order chi connectivity index (χ1) is 4.74. The molecule has 0 amide bonds. The molecular weight excluding hydrogens is 134 g/mol. The van der Waals surface area contributed by atoms with E-state index in [0.717, 1.165) is 0 Å². The highest BCUT2D eigenvalue weighted by Gasteiger charge is 2.33. The van der Waals surface area contributed by atoms with E-state index in [1.54, 1.807) is 0 Å². The molecule has 0 heterocycles. The van der Waals surface area contributed by atoms with Gasteiger partial charge in [0.05, 0.1) is 5.92 Å². The number of ketones is 1. The molecule has 0 unspecified atom stereocenters. The minimum Gasteiger partial charge on any atom is -0.371 e. The SMILES string of the molecule is CNOC(=O)C1CC(=O)C1. The van der Waals surface area contributed by atoms with Gasteiger partial charge in [0.2, 0.25) is 0 Å². The van der Waals surface area contributed by atoms with Crippen molar-refractivity contribution in [1.82, 2.24) is 5.48 Å². The molecule has 0 aromatic heterocycles. The Morgan fingerprint density at radius 1 is 1.70 bits per heavy atom. The average Bonchev–Trinajstić information content (AvgIpc) is 1.82. The summed E-state index contributed by atoms with van der Waals surface area (Å²) in [6, 6.07) is 0. The van der Waals surface area contributed by atoms with Gasteiger partial charge in [0.25, 0.3) is 0 Å². The Hall–Kier alpha value is -0.900. The topological polar surface area (TPSA) is 55.4 Å². The van der Waals surface area contributed by atoms with E-state index >= 15 is 0 Å². The summed E-state index contributed by atoms with van der Waals surface area (Å²) < 4.78 is 0. The lowest BCUT2D eigenvalue weighted by molar-refractivity contribution is -0.161. The normalized spacial score (nSPS) is 18.3. The van der Waals surface area contributed by atoms with Crippen molar-refractivity contribution in [2.45, 2.75) is 12.8 Å². The first-order valence-electron chi connectivity index (χ1n) is 3.13. The molecule has 4 nitrogen and oxygen atoms in total. The molecule has 0 aromatic rings. The number of carbonyl (C=O) groups excluding carboxylic acids is 2. The van der Waals surface area contributed by atoms with E-state index in [0.29, 0.717) is 12.8 Å². The lowest BCUT2D eigenvalue weighted by Crippen LogP contribution is -2.34. The summed E-state index contributed by atoms with van der Waals surface area (Å²) in [5, 5.41) is 0. The summed E-state index contributed by atoms with van der Waals surface area (Å²) in [7, 11) is 1.51. The summed E-state index contributed by atoms with van der Waals surface area (Å²) in [6.45, 7) is 0. The van der Waals surface area contributed by atoms with E-state index in [-0.39, 0.29) is 17.7 Å². The zero-order valence-corrected chi connectivity index (χ0v) is 5.72. The molecular formula is C6H9NO3. The van der Waals surface area contributed by atoms with Crippen molar-refractivity contribution in [3.63, 3.8) is 0 Å². The molecule has 1 aliphatic carbocycles. The van der Waals surface area contributed by atoms with Gasteiger partial charge in [0, 0.05) is 19.9 Å². The Labute approximate surface area is 58.5 Å². The second-order valence-electron chi connectivity index (χ2n) is 2.27. The molecule has 56 valence electrons. The minimum absolute atomic E-state index is 0.137. The van der Waals surface area contributed by atoms with Crippen molar-refractivity contribution in [3.8, 4) is 0 Å². The van der Waals surface area contributed by atoms with Crippen molar-refractivity contribution >= 4 is 11.8 Å². The smallest absolute Gasteiger partial charge is 0.328 e. The third-order valence-electron chi connectivity index (χ3n) is 1.48. The van der Waals surface area contributed by atoms with E-state index < -0.39 is 0 Å². The fourth-order valence-electron chi connectivity index (χ4n) is 0.840. The maximum Gasteiger partial charge on any atom is 0.328 e. The zero-order chi connectivity index (χ0) is 7.56. The number of carbonyl (C=O) groups is 2. The fraction of sp³-hybridized carbons (Fsp3) is 0.667. The van der Waals surface area contributed by atoms with Gasteiger partial charge in [-0.3, -0.25) is 9.59 Å². The Bertz CT molecular complexity index is 158. The summed E-state index contributed by atoms with van der Waals surface area (Å²) in [4.78, 5) is 25.6. The standard InChI is InChI=1S/C6H9NO3/c1-7-10-6(9)4-2-5(8)3-4/h4,7H,2-3H2,1H3. The molecule has 0 radical (unpaired) electrons. The van der Waals surface area contributed by atoms with Crippen LogP contribution < -0.4 is 5.48 Å². The van der Waals surface area contributed by atoms with Crippen LogP contribution in [0.5, 0.6) is 0 Å². The molecule has 10 heavy (non-hydrogen) atoms. The van der Waals surface area contributed by atoms with Gasteiger partial charge < -0.3 is 4.84 Å². The van der Waals surface area contributed by atoms with Crippen LogP contribution in [-0.2, 0) is 14.4 Å². The summed E-state index contributed by atoms with van der Waals surface area (Å²) in [5.41, 5.74) is 2.27. The second kappa shape index (κ2) is 2.79. The van der Waals surface area contributed by atoms with Crippen LogP contribution in [0.4, 0.5) is 0 Å². The van der Waals surface area contributed by atoms with Crippen molar-refractivity contribution < 1.29 is 14.4 Å². The number of hydrogen-bond acceptors (Lipinski definition) is 4. The van der Waals surface area contributed by atoms with Crippen molar-refractivity contribution in [2.75, 3.05) is 7.05 Å². The maximum atomic E-state index is 10.7. The van der Waals surface area contributed by atoms with Gasteiger partial charge in [-0.25, -0.2) is 0 Å². The molecule has 1 aliphatic rings. The zero-order valence-electron chi connectivity index (χ0n) is 5.72. The van der Waals surface area contributed by atoms with Crippen LogP contribution in [-0.4, -0.2) is 18.8 Å². The van der Waals surface area contributed by atoms with Gasteiger partial charge in [-0.15, -0.1) is 0 Å². The van der Waals surface area contributed by atoms with E-state index in [1.807, 2.05) is 0 Å². The molecule has 1 fully saturated rings. The van der Waals surface area contributed by atoms with Crippen LogP contribution in [0.15, 0.2) is 0 Å². The van der Waals surface area contributed by atoms with Crippen LogP contribution in [0, 0.1) is 5.92 Å². The quantitative estimate of drug-likeness (QED) is 0.536. The average molecular weight is 143 g/mol.